The monoisotopic (exact) mass is 354 g/mol. The molecule has 1 saturated heterocycles. The molecule has 2 atom stereocenters. The molecule has 2 unspecified atom stereocenters. The molecular formula is C17H17F3N2OS. The Balaban J connectivity index is 1.93. The first-order chi connectivity index (χ1) is 11.6. The molecule has 0 amide bonds. The summed E-state index contributed by atoms with van der Waals surface area (Å²) in [5.74, 6) is 0. The molecule has 1 aliphatic heterocycles. The maximum absolute atomic E-state index is 13.2. The van der Waals surface area contributed by atoms with Crippen molar-refractivity contribution < 1.29 is 17.9 Å². The number of pyridine rings is 1. The highest BCUT2D eigenvalue weighted by Gasteiger charge is 2.36. The first kappa shape index (κ1) is 17.3. The molecule has 128 valence electrons. The van der Waals surface area contributed by atoms with Crippen LogP contribution in [-0.4, -0.2) is 30.8 Å². The van der Waals surface area contributed by atoms with Gasteiger partial charge in [0.05, 0.1) is 23.5 Å². The lowest BCUT2D eigenvalue weighted by Crippen LogP contribution is -2.41. The average Bonchev–Trinajstić information content (AvgIpc) is 2.61. The zero-order valence-electron chi connectivity index (χ0n) is 12.8. The molecular weight excluding hydrogens is 337 g/mol. The zero-order chi connectivity index (χ0) is 17.0. The molecule has 3 nitrogen and oxygen atoms in total. The number of alkyl halides is 3. The number of nitrogens with zero attached hydrogens (tertiary/aromatic N) is 1. The third-order valence-corrected chi connectivity index (χ3v) is 5.12. The minimum atomic E-state index is -4.43. The molecule has 0 spiro atoms. The Morgan fingerprint density at radius 2 is 1.96 bits per heavy atom. The van der Waals surface area contributed by atoms with Gasteiger partial charge >= 0.3 is 6.18 Å². The van der Waals surface area contributed by atoms with Crippen LogP contribution < -0.4 is 5.32 Å². The van der Waals surface area contributed by atoms with Crippen molar-refractivity contribution in [2.75, 3.05) is 19.7 Å². The van der Waals surface area contributed by atoms with Gasteiger partial charge in [0.15, 0.2) is 0 Å². The summed E-state index contributed by atoms with van der Waals surface area (Å²) in [5, 5.41) is 2.95. The molecule has 0 bridgehead atoms. The van der Waals surface area contributed by atoms with Crippen molar-refractivity contribution >= 4 is 11.8 Å². The molecule has 1 N–H and O–H groups in total. The molecule has 3 rings (SSSR count). The lowest BCUT2D eigenvalue weighted by Gasteiger charge is -2.31. The second-order valence-electron chi connectivity index (χ2n) is 5.42. The Labute approximate surface area is 142 Å². The van der Waals surface area contributed by atoms with Crippen molar-refractivity contribution in [1.82, 2.24) is 10.3 Å². The van der Waals surface area contributed by atoms with Crippen LogP contribution in [0.1, 0.15) is 16.4 Å². The summed E-state index contributed by atoms with van der Waals surface area (Å²) in [4.78, 5) is 3.97. The smallest absolute Gasteiger partial charge is 0.374 e. The van der Waals surface area contributed by atoms with E-state index in [9.17, 15) is 13.2 Å². The van der Waals surface area contributed by atoms with E-state index in [-0.39, 0.29) is 16.4 Å². The van der Waals surface area contributed by atoms with Gasteiger partial charge in [-0.3, -0.25) is 0 Å². The van der Waals surface area contributed by atoms with Gasteiger partial charge in [-0.15, -0.1) is 0 Å². The second-order valence-corrected chi connectivity index (χ2v) is 6.55. The first-order valence-corrected chi connectivity index (χ1v) is 8.50. The average molecular weight is 354 g/mol. The van der Waals surface area contributed by atoms with Gasteiger partial charge in [-0.1, -0.05) is 42.1 Å². The van der Waals surface area contributed by atoms with Gasteiger partial charge in [0.1, 0.15) is 5.03 Å². The van der Waals surface area contributed by atoms with Crippen LogP contribution in [0.3, 0.4) is 0 Å². The SMILES string of the molecule is FC(F)(F)c1cccnc1SC(c1ccccc1)C1CNCCO1. The molecule has 1 fully saturated rings. The van der Waals surface area contributed by atoms with Crippen LogP contribution in [0.15, 0.2) is 53.7 Å². The fraction of sp³-hybridized carbons (Fsp3) is 0.353. The van der Waals surface area contributed by atoms with Gasteiger partial charge in [0.25, 0.3) is 0 Å². The van der Waals surface area contributed by atoms with E-state index < -0.39 is 11.7 Å². The molecule has 1 aliphatic rings. The molecule has 0 aliphatic carbocycles. The summed E-state index contributed by atoms with van der Waals surface area (Å²) in [6.07, 6.45) is -3.25. The third kappa shape index (κ3) is 4.09. The van der Waals surface area contributed by atoms with Crippen molar-refractivity contribution in [3.05, 3.63) is 59.8 Å². The lowest BCUT2D eigenvalue weighted by molar-refractivity contribution is -0.140. The van der Waals surface area contributed by atoms with Gasteiger partial charge in [-0.05, 0) is 17.7 Å². The van der Waals surface area contributed by atoms with Gasteiger partial charge in [-0.2, -0.15) is 13.2 Å². The van der Waals surface area contributed by atoms with Gasteiger partial charge in [0.2, 0.25) is 0 Å². The number of halogens is 3. The molecule has 1 aromatic carbocycles. The predicted octanol–water partition coefficient (Wildman–Crippen LogP) is 3.92. The van der Waals surface area contributed by atoms with Crippen LogP contribution in [-0.2, 0) is 10.9 Å². The van der Waals surface area contributed by atoms with Crippen LogP contribution in [0.25, 0.3) is 0 Å². The first-order valence-electron chi connectivity index (χ1n) is 7.62. The number of ether oxygens (including phenoxy) is 1. The van der Waals surface area contributed by atoms with Crippen molar-refractivity contribution in [3.63, 3.8) is 0 Å². The van der Waals surface area contributed by atoms with E-state index in [0.29, 0.717) is 13.2 Å². The fourth-order valence-electron chi connectivity index (χ4n) is 2.60. The lowest BCUT2D eigenvalue weighted by atomic mass is 10.1. The minimum Gasteiger partial charge on any atom is -0.374 e. The molecule has 1 aromatic heterocycles. The number of hydrogen-bond donors (Lipinski definition) is 1. The van der Waals surface area contributed by atoms with E-state index in [4.69, 9.17) is 4.74 Å². The van der Waals surface area contributed by atoms with Gasteiger partial charge < -0.3 is 10.1 Å². The highest BCUT2D eigenvalue weighted by Crippen LogP contribution is 2.43. The Kier molecular flexibility index (Phi) is 5.43. The zero-order valence-corrected chi connectivity index (χ0v) is 13.6. The highest BCUT2D eigenvalue weighted by atomic mass is 32.2. The second kappa shape index (κ2) is 7.55. The maximum Gasteiger partial charge on any atom is 0.419 e. The van der Waals surface area contributed by atoms with E-state index >= 15 is 0 Å². The standard InChI is InChI=1S/C17H17F3N2OS/c18-17(19,20)13-7-4-8-22-16(13)24-15(12-5-2-1-3-6-12)14-11-21-9-10-23-14/h1-8,14-15,21H,9-11H2. The van der Waals surface area contributed by atoms with Crippen LogP contribution in [0.2, 0.25) is 0 Å². The Hall–Kier alpha value is -1.57. The number of aromatic nitrogens is 1. The van der Waals surface area contributed by atoms with E-state index in [1.807, 2.05) is 30.3 Å². The topological polar surface area (TPSA) is 34.2 Å². The largest absolute Gasteiger partial charge is 0.419 e. The molecule has 0 radical (unpaired) electrons. The predicted molar refractivity (Wildman–Crippen MR) is 86.9 cm³/mol. The molecule has 24 heavy (non-hydrogen) atoms. The molecule has 7 heteroatoms. The van der Waals surface area contributed by atoms with E-state index in [0.717, 1.165) is 29.9 Å². The highest BCUT2D eigenvalue weighted by molar-refractivity contribution is 7.99. The van der Waals surface area contributed by atoms with Crippen LogP contribution in [0, 0.1) is 0 Å². The number of benzene rings is 1. The Bertz CT molecular complexity index is 660. The number of hydrogen-bond acceptors (Lipinski definition) is 4. The summed E-state index contributed by atoms with van der Waals surface area (Å²) < 4.78 is 45.5. The molecule has 2 aromatic rings. The summed E-state index contributed by atoms with van der Waals surface area (Å²) in [5.41, 5.74) is 0.217. The quantitative estimate of drug-likeness (QED) is 0.844. The van der Waals surface area contributed by atoms with Gasteiger partial charge in [-0.25, -0.2) is 4.98 Å². The van der Waals surface area contributed by atoms with E-state index in [1.54, 1.807) is 0 Å². The van der Waals surface area contributed by atoms with E-state index in [1.165, 1.54) is 12.3 Å². The summed E-state index contributed by atoms with van der Waals surface area (Å²) in [6, 6.07) is 11.8. The van der Waals surface area contributed by atoms with Crippen LogP contribution >= 0.6 is 11.8 Å². The summed E-state index contributed by atoms with van der Waals surface area (Å²) >= 11 is 1.11. The molecule has 2 heterocycles. The Morgan fingerprint density at radius 1 is 1.17 bits per heavy atom. The minimum absolute atomic E-state index is 0.0203. The number of rotatable bonds is 4. The summed E-state index contributed by atoms with van der Waals surface area (Å²) in [7, 11) is 0. The molecule has 0 saturated carbocycles. The number of thioether (sulfide) groups is 1. The van der Waals surface area contributed by atoms with Crippen LogP contribution in [0.5, 0.6) is 0 Å². The summed E-state index contributed by atoms with van der Waals surface area (Å²) in [6.45, 7) is 1.89. The normalized spacial score (nSPS) is 19.9. The van der Waals surface area contributed by atoms with Gasteiger partial charge in [0, 0.05) is 19.3 Å². The maximum atomic E-state index is 13.2. The van der Waals surface area contributed by atoms with E-state index in [2.05, 4.69) is 10.3 Å². The fourth-order valence-corrected chi connectivity index (χ4v) is 3.89. The van der Waals surface area contributed by atoms with Crippen LogP contribution in [0.4, 0.5) is 13.2 Å². The number of morpholine rings is 1. The van der Waals surface area contributed by atoms with Crippen molar-refractivity contribution in [1.29, 1.82) is 0 Å². The van der Waals surface area contributed by atoms with Crippen molar-refractivity contribution in [3.8, 4) is 0 Å². The van der Waals surface area contributed by atoms with Crippen molar-refractivity contribution in [2.45, 2.75) is 22.6 Å². The third-order valence-electron chi connectivity index (χ3n) is 3.74. The Morgan fingerprint density at radius 3 is 2.62 bits per heavy atom. The number of nitrogens with one attached hydrogen (secondary N) is 1. The van der Waals surface area contributed by atoms with Crippen molar-refractivity contribution in [2.24, 2.45) is 0 Å².